The second-order valence-electron chi connectivity index (χ2n) is 5.97. The first-order valence-corrected chi connectivity index (χ1v) is 6.80. The van der Waals surface area contributed by atoms with Crippen molar-refractivity contribution in [3.05, 3.63) is 0 Å². The summed E-state index contributed by atoms with van der Waals surface area (Å²) in [6, 6.07) is 0. The lowest BCUT2D eigenvalue weighted by molar-refractivity contribution is 0.0512. The second-order valence-corrected chi connectivity index (χ2v) is 5.97. The van der Waals surface area contributed by atoms with Crippen molar-refractivity contribution < 1.29 is 9.53 Å². The van der Waals surface area contributed by atoms with Crippen molar-refractivity contribution in [3.63, 3.8) is 0 Å². The van der Waals surface area contributed by atoms with Gasteiger partial charge in [-0.15, -0.1) is 0 Å². The lowest BCUT2D eigenvalue weighted by Crippen LogP contribution is -2.38. The van der Waals surface area contributed by atoms with E-state index in [2.05, 4.69) is 10.6 Å². The van der Waals surface area contributed by atoms with Crippen molar-refractivity contribution >= 4 is 6.09 Å². The molecule has 18 heavy (non-hydrogen) atoms. The van der Waals surface area contributed by atoms with Crippen LogP contribution in [-0.2, 0) is 4.74 Å². The van der Waals surface area contributed by atoms with E-state index in [1.165, 1.54) is 0 Å². The first-order chi connectivity index (χ1) is 8.42. The van der Waals surface area contributed by atoms with E-state index in [-0.39, 0.29) is 6.09 Å². The quantitative estimate of drug-likeness (QED) is 0.707. The minimum absolute atomic E-state index is 0.338. The maximum Gasteiger partial charge on any atom is 0.407 e. The standard InChI is InChI=1S/C13H27N3O2/c1-13(2,3)18-12(17)16-9-11-5-7-15-6-4-10(11)8-14/h10-11,15H,4-9,14H2,1-3H3,(H,16,17)/t10-,11+/m1/s1. The highest BCUT2D eigenvalue weighted by Crippen LogP contribution is 2.20. The summed E-state index contributed by atoms with van der Waals surface area (Å²) < 4.78 is 5.23. The van der Waals surface area contributed by atoms with Crippen LogP contribution in [0.1, 0.15) is 33.6 Å². The summed E-state index contributed by atoms with van der Waals surface area (Å²) in [4.78, 5) is 11.6. The number of carbonyl (C=O) groups excluding carboxylic acids is 1. The van der Waals surface area contributed by atoms with Gasteiger partial charge in [0.1, 0.15) is 5.60 Å². The van der Waals surface area contributed by atoms with Crippen LogP contribution in [0.4, 0.5) is 4.79 Å². The van der Waals surface area contributed by atoms with Gasteiger partial charge in [0.25, 0.3) is 0 Å². The molecule has 2 atom stereocenters. The Labute approximate surface area is 110 Å². The van der Waals surface area contributed by atoms with Crippen LogP contribution in [0.2, 0.25) is 0 Å². The molecule has 0 aromatic rings. The van der Waals surface area contributed by atoms with Gasteiger partial charge < -0.3 is 21.1 Å². The molecule has 0 saturated carbocycles. The van der Waals surface area contributed by atoms with E-state index in [4.69, 9.17) is 10.5 Å². The van der Waals surface area contributed by atoms with Crippen LogP contribution in [0, 0.1) is 11.8 Å². The molecule has 1 heterocycles. The van der Waals surface area contributed by atoms with Gasteiger partial charge >= 0.3 is 6.09 Å². The molecule has 1 aliphatic rings. The highest BCUT2D eigenvalue weighted by molar-refractivity contribution is 5.67. The molecule has 0 aromatic heterocycles. The predicted molar refractivity (Wildman–Crippen MR) is 72.4 cm³/mol. The van der Waals surface area contributed by atoms with Gasteiger partial charge in [-0.3, -0.25) is 0 Å². The van der Waals surface area contributed by atoms with Crippen LogP contribution in [0.3, 0.4) is 0 Å². The summed E-state index contributed by atoms with van der Waals surface area (Å²) in [7, 11) is 0. The van der Waals surface area contributed by atoms with Crippen molar-refractivity contribution in [2.24, 2.45) is 17.6 Å². The normalized spacial score (nSPS) is 25.3. The van der Waals surface area contributed by atoms with E-state index in [1.54, 1.807) is 0 Å². The molecule has 1 rings (SSSR count). The molecule has 0 spiro atoms. The Kier molecular flexibility index (Phi) is 5.88. The van der Waals surface area contributed by atoms with Gasteiger partial charge in [-0.25, -0.2) is 4.79 Å². The van der Waals surface area contributed by atoms with Crippen LogP contribution in [0.15, 0.2) is 0 Å². The summed E-state index contributed by atoms with van der Waals surface area (Å²) in [6.07, 6.45) is 1.80. The maximum atomic E-state index is 11.6. The van der Waals surface area contributed by atoms with Crippen molar-refractivity contribution in [2.75, 3.05) is 26.2 Å². The average molecular weight is 257 g/mol. The molecule has 0 bridgehead atoms. The average Bonchev–Trinajstić information content (AvgIpc) is 2.48. The lowest BCUT2D eigenvalue weighted by atomic mass is 9.88. The number of nitrogens with two attached hydrogens (primary N) is 1. The predicted octanol–water partition coefficient (Wildman–Crippen LogP) is 1.09. The Morgan fingerprint density at radius 3 is 2.50 bits per heavy atom. The second kappa shape index (κ2) is 6.95. The number of alkyl carbamates (subject to hydrolysis) is 1. The zero-order valence-electron chi connectivity index (χ0n) is 11.8. The van der Waals surface area contributed by atoms with Crippen LogP contribution in [-0.4, -0.2) is 37.9 Å². The SMILES string of the molecule is CC(C)(C)OC(=O)NC[C@@H]1CCNCC[C@@H]1CN. The monoisotopic (exact) mass is 257 g/mol. The molecular weight excluding hydrogens is 230 g/mol. The molecule has 106 valence electrons. The van der Waals surface area contributed by atoms with Gasteiger partial charge in [0.2, 0.25) is 0 Å². The Bertz CT molecular complexity index is 263. The van der Waals surface area contributed by atoms with Crippen molar-refractivity contribution in [1.29, 1.82) is 0 Å². The van der Waals surface area contributed by atoms with Crippen LogP contribution in [0.25, 0.3) is 0 Å². The van der Waals surface area contributed by atoms with Crippen molar-refractivity contribution in [2.45, 2.75) is 39.2 Å². The van der Waals surface area contributed by atoms with Crippen molar-refractivity contribution in [1.82, 2.24) is 10.6 Å². The Morgan fingerprint density at radius 1 is 1.33 bits per heavy atom. The highest BCUT2D eigenvalue weighted by Gasteiger charge is 2.24. The fourth-order valence-electron chi connectivity index (χ4n) is 2.28. The molecule has 4 N–H and O–H groups in total. The van der Waals surface area contributed by atoms with E-state index >= 15 is 0 Å². The smallest absolute Gasteiger partial charge is 0.407 e. The van der Waals surface area contributed by atoms with Crippen LogP contribution < -0.4 is 16.4 Å². The molecule has 0 aromatic carbocycles. The fourth-order valence-corrected chi connectivity index (χ4v) is 2.28. The van der Waals surface area contributed by atoms with Gasteiger partial charge in [0.05, 0.1) is 0 Å². The summed E-state index contributed by atoms with van der Waals surface area (Å²) >= 11 is 0. The number of hydrogen-bond acceptors (Lipinski definition) is 4. The summed E-state index contributed by atoms with van der Waals surface area (Å²) in [5.74, 6) is 0.924. The summed E-state index contributed by atoms with van der Waals surface area (Å²) in [6.45, 7) is 8.95. The Balaban J connectivity index is 2.37. The Morgan fingerprint density at radius 2 is 1.94 bits per heavy atom. The summed E-state index contributed by atoms with van der Waals surface area (Å²) in [5, 5.41) is 6.22. The largest absolute Gasteiger partial charge is 0.444 e. The number of ether oxygens (including phenoxy) is 1. The lowest BCUT2D eigenvalue weighted by Gasteiger charge is -2.25. The van der Waals surface area contributed by atoms with Gasteiger partial charge in [0.15, 0.2) is 0 Å². The van der Waals surface area contributed by atoms with E-state index in [0.717, 1.165) is 25.9 Å². The molecule has 1 saturated heterocycles. The molecular formula is C13H27N3O2. The minimum Gasteiger partial charge on any atom is -0.444 e. The minimum atomic E-state index is -0.442. The first-order valence-electron chi connectivity index (χ1n) is 6.80. The fraction of sp³-hybridized carbons (Fsp3) is 0.923. The number of hydrogen-bond donors (Lipinski definition) is 3. The van der Waals surface area contributed by atoms with Crippen molar-refractivity contribution in [3.8, 4) is 0 Å². The van der Waals surface area contributed by atoms with E-state index < -0.39 is 5.60 Å². The molecule has 5 nitrogen and oxygen atoms in total. The highest BCUT2D eigenvalue weighted by atomic mass is 16.6. The molecule has 5 heteroatoms. The number of carbonyl (C=O) groups is 1. The third-order valence-corrected chi connectivity index (χ3v) is 3.26. The van der Waals surface area contributed by atoms with E-state index in [9.17, 15) is 4.79 Å². The Hall–Kier alpha value is -0.810. The van der Waals surface area contributed by atoms with Crippen LogP contribution in [0.5, 0.6) is 0 Å². The third kappa shape index (κ3) is 5.69. The summed E-state index contributed by atoms with van der Waals surface area (Å²) in [5.41, 5.74) is 5.36. The van der Waals surface area contributed by atoms with E-state index in [1.807, 2.05) is 20.8 Å². The van der Waals surface area contributed by atoms with Gasteiger partial charge in [0, 0.05) is 6.54 Å². The molecule has 1 aliphatic heterocycles. The zero-order valence-corrected chi connectivity index (χ0v) is 11.8. The maximum absolute atomic E-state index is 11.6. The third-order valence-electron chi connectivity index (χ3n) is 3.26. The molecule has 0 aliphatic carbocycles. The number of nitrogens with one attached hydrogen (secondary N) is 2. The zero-order chi connectivity index (χ0) is 13.6. The first kappa shape index (κ1) is 15.2. The molecule has 1 fully saturated rings. The van der Waals surface area contributed by atoms with Gasteiger partial charge in [-0.1, -0.05) is 0 Å². The molecule has 0 radical (unpaired) electrons. The van der Waals surface area contributed by atoms with Crippen LogP contribution >= 0.6 is 0 Å². The van der Waals surface area contributed by atoms with E-state index in [0.29, 0.717) is 24.9 Å². The van der Waals surface area contributed by atoms with Gasteiger partial charge in [-0.05, 0) is 65.1 Å². The number of rotatable bonds is 3. The number of amides is 1. The molecule has 0 unspecified atom stereocenters. The topological polar surface area (TPSA) is 76.4 Å². The van der Waals surface area contributed by atoms with Gasteiger partial charge in [-0.2, -0.15) is 0 Å². The molecule has 1 amide bonds.